The quantitative estimate of drug-likeness (QED) is 0.901. The SMILES string of the molecule is O=S1(=O)NC(=N[C@H](CO)c2ccccc2)c2ccccc21. The topological polar surface area (TPSA) is 78.8 Å². The highest BCUT2D eigenvalue weighted by molar-refractivity contribution is 7.90. The van der Waals surface area contributed by atoms with Gasteiger partial charge in [0.25, 0.3) is 10.0 Å². The molecule has 0 unspecified atom stereocenters. The first-order valence-electron chi connectivity index (χ1n) is 6.47. The molecule has 1 heterocycles. The molecule has 21 heavy (non-hydrogen) atoms. The number of nitrogens with one attached hydrogen (secondary N) is 1. The lowest BCUT2D eigenvalue weighted by molar-refractivity contribution is 0.269. The van der Waals surface area contributed by atoms with Crippen molar-refractivity contribution >= 4 is 15.9 Å². The fraction of sp³-hybridized carbons (Fsp3) is 0.133. The smallest absolute Gasteiger partial charge is 0.263 e. The van der Waals surface area contributed by atoms with Crippen molar-refractivity contribution in [3.8, 4) is 0 Å². The molecule has 0 bridgehead atoms. The zero-order valence-electron chi connectivity index (χ0n) is 11.1. The lowest BCUT2D eigenvalue weighted by atomic mass is 10.1. The molecule has 0 spiro atoms. The summed E-state index contributed by atoms with van der Waals surface area (Å²) in [5, 5.41) is 9.53. The molecule has 5 nitrogen and oxygen atoms in total. The second-order valence-corrected chi connectivity index (χ2v) is 6.34. The summed E-state index contributed by atoms with van der Waals surface area (Å²) >= 11 is 0. The summed E-state index contributed by atoms with van der Waals surface area (Å²) in [5.74, 6) is 0.272. The summed E-state index contributed by atoms with van der Waals surface area (Å²) < 4.78 is 26.5. The molecule has 108 valence electrons. The zero-order valence-corrected chi connectivity index (χ0v) is 11.9. The van der Waals surface area contributed by atoms with Gasteiger partial charge in [0, 0.05) is 5.56 Å². The van der Waals surface area contributed by atoms with Crippen molar-refractivity contribution in [1.82, 2.24) is 4.72 Å². The second-order valence-electron chi connectivity index (χ2n) is 4.69. The maximum atomic E-state index is 12.0. The van der Waals surface area contributed by atoms with Crippen LogP contribution in [-0.2, 0) is 10.0 Å². The van der Waals surface area contributed by atoms with Crippen LogP contribution >= 0.6 is 0 Å². The molecule has 0 aliphatic carbocycles. The highest BCUT2D eigenvalue weighted by atomic mass is 32.2. The van der Waals surface area contributed by atoms with Crippen LogP contribution in [0.3, 0.4) is 0 Å². The summed E-state index contributed by atoms with van der Waals surface area (Å²) in [6.07, 6.45) is 0. The molecule has 0 fully saturated rings. The second kappa shape index (κ2) is 5.31. The van der Waals surface area contributed by atoms with Gasteiger partial charge in [-0.05, 0) is 17.7 Å². The van der Waals surface area contributed by atoms with Gasteiger partial charge in [0.05, 0.1) is 11.5 Å². The number of aliphatic hydroxyl groups excluding tert-OH is 1. The highest BCUT2D eigenvalue weighted by Gasteiger charge is 2.30. The maximum absolute atomic E-state index is 12.0. The van der Waals surface area contributed by atoms with Crippen molar-refractivity contribution in [2.24, 2.45) is 4.99 Å². The lowest BCUT2D eigenvalue weighted by Gasteiger charge is -2.11. The number of rotatable bonds is 3. The number of sulfonamides is 1. The summed E-state index contributed by atoms with van der Waals surface area (Å²) in [4.78, 5) is 4.59. The van der Waals surface area contributed by atoms with E-state index in [-0.39, 0.29) is 17.3 Å². The normalized spacial score (nSPS) is 19.0. The van der Waals surface area contributed by atoms with Gasteiger partial charge in [0.15, 0.2) is 0 Å². The third-order valence-electron chi connectivity index (χ3n) is 3.30. The number of aliphatic imine (C=N–C) groups is 1. The average Bonchev–Trinajstić information content (AvgIpc) is 2.77. The van der Waals surface area contributed by atoms with Gasteiger partial charge >= 0.3 is 0 Å². The summed E-state index contributed by atoms with van der Waals surface area (Å²) in [7, 11) is -3.55. The van der Waals surface area contributed by atoms with Crippen LogP contribution in [0.15, 0.2) is 64.5 Å². The Morgan fingerprint density at radius 1 is 1.05 bits per heavy atom. The Balaban J connectivity index is 2.05. The molecule has 6 heteroatoms. The standard InChI is InChI=1S/C15H14N2O3S/c18-10-13(11-6-2-1-3-7-11)16-15-12-8-4-5-9-14(12)21(19,20)17-15/h1-9,13,18H,10H2,(H,16,17)/t13-/m1/s1. The third kappa shape index (κ3) is 2.55. The molecule has 0 saturated carbocycles. The van der Waals surface area contributed by atoms with E-state index in [1.54, 1.807) is 18.2 Å². The number of nitrogens with zero attached hydrogens (tertiary/aromatic N) is 1. The molecule has 2 aromatic carbocycles. The van der Waals surface area contributed by atoms with Crippen LogP contribution in [0.5, 0.6) is 0 Å². The minimum atomic E-state index is -3.55. The molecule has 2 aromatic rings. The summed E-state index contributed by atoms with van der Waals surface area (Å²) in [5.41, 5.74) is 1.36. The average molecular weight is 302 g/mol. The monoisotopic (exact) mass is 302 g/mol. The van der Waals surface area contributed by atoms with Gasteiger partial charge < -0.3 is 5.11 Å². The number of benzene rings is 2. The Hall–Kier alpha value is -2.18. The molecular weight excluding hydrogens is 288 g/mol. The first-order valence-corrected chi connectivity index (χ1v) is 7.96. The lowest BCUT2D eigenvalue weighted by Crippen LogP contribution is -2.23. The summed E-state index contributed by atoms with van der Waals surface area (Å²) in [6.45, 7) is -0.197. The Morgan fingerprint density at radius 3 is 2.43 bits per heavy atom. The first-order chi connectivity index (χ1) is 10.1. The highest BCUT2D eigenvalue weighted by Crippen LogP contribution is 2.25. The van der Waals surface area contributed by atoms with E-state index in [9.17, 15) is 13.5 Å². The maximum Gasteiger partial charge on any atom is 0.263 e. The van der Waals surface area contributed by atoms with Gasteiger partial charge in [0.1, 0.15) is 11.9 Å². The Labute approximate surface area is 123 Å². The van der Waals surface area contributed by atoms with Gasteiger partial charge in [-0.25, -0.2) is 8.42 Å². The molecular formula is C15H14N2O3S. The Bertz CT molecular complexity index is 786. The van der Waals surface area contributed by atoms with Crippen LogP contribution in [-0.4, -0.2) is 26.0 Å². The molecule has 3 rings (SSSR count). The Morgan fingerprint density at radius 2 is 1.71 bits per heavy atom. The van der Waals surface area contributed by atoms with Crippen molar-refractivity contribution in [2.45, 2.75) is 10.9 Å². The number of fused-ring (bicyclic) bond motifs is 1. The predicted molar refractivity (Wildman–Crippen MR) is 79.6 cm³/mol. The van der Waals surface area contributed by atoms with Crippen LogP contribution in [0, 0.1) is 0 Å². The van der Waals surface area contributed by atoms with Crippen LogP contribution in [0.2, 0.25) is 0 Å². The van der Waals surface area contributed by atoms with Crippen LogP contribution in [0.1, 0.15) is 17.2 Å². The van der Waals surface area contributed by atoms with E-state index in [1.165, 1.54) is 6.07 Å². The molecule has 2 N–H and O–H groups in total. The van der Waals surface area contributed by atoms with Crippen LogP contribution < -0.4 is 4.72 Å². The number of amidine groups is 1. The van der Waals surface area contributed by atoms with E-state index in [0.717, 1.165) is 5.56 Å². The first kappa shape index (κ1) is 13.8. The van der Waals surface area contributed by atoms with Crippen LogP contribution in [0.4, 0.5) is 0 Å². The minimum Gasteiger partial charge on any atom is -0.394 e. The number of hydrogen-bond acceptors (Lipinski definition) is 4. The molecule has 0 saturated heterocycles. The molecule has 0 amide bonds. The molecule has 0 radical (unpaired) electrons. The Kier molecular flexibility index (Phi) is 3.48. The van der Waals surface area contributed by atoms with E-state index in [4.69, 9.17) is 0 Å². The van der Waals surface area contributed by atoms with E-state index in [1.807, 2.05) is 30.3 Å². The fourth-order valence-corrected chi connectivity index (χ4v) is 3.52. The van der Waals surface area contributed by atoms with Crippen molar-refractivity contribution in [3.05, 3.63) is 65.7 Å². The minimum absolute atomic E-state index is 0.197. The van der Waals surface area contributed by atoms with Crippen LogP contribution in [0.25, 0.3) is 0 Å². The number of aliphatic hydroxyl groups is 1. The molecule has 1 atom stereocenters. The van der Waals surface area contributed by atoms with Crippen molar-refractivity contribution in [1.29, 1.82) is 0 Å². The van der Waals surface area contributed by atoms with Gasteiger partial charge in [0.2, 0.25) is 0 Å². The van der Waals surface area contributed by atoms with Gasteiger partial charge in [-0.2, -0.15) is 0 Å². The third-order valence-corrected chi connectivity index (χ3v) is 4.70. The van der Waals surface area contributed by atoms with E-state index >= 15 is 0 Å². The van der Waals surface area contributed by atoms with Crippen molar-refractivity contribution in [2.75, 3.05) is 6.61 Å². The zero-order chi connectivity index (χ0) is 14.9. The predicted octanol–water partition coefficient (Wildman–Crippen LogP) is 1.46. The molecule has 1 aliphatic heterocycles. The molecule has 0 aromatic heterocycles. The molecule has 1 aliphatic rings. The van der Waals surface area contributed by atoms with Crippen molar-refractivity contribution in [3.63, 3.8) is 0 Å². The van der Waals surface area contributed by atoms with E-state index in [0.29, 0.717) is 5.56 Å². The van der Waals surface area contributed by atoms with Gasteiger partial charge in [-0.15, -0.1) is 0 Å². The summed E-state index contributed by atoms with van der Waals surface area (Å²) in [6, 6.07) is 15.4. The van der Waals surface area contributed by atoms with E-state index < -0.39 is 16.1 Å². The number of hydrogen-bond donors (Lipinski definition) is 2. The van der Waals surface area contributed by atoms with Gasteiger partial charge in [-0.1, -0.05) is 42.5 Å². The van der Waals surface area contributed by atoms with Gasteiger partial charge in [-0.3, -0.25) is 9.71 Å². The fourth-order valence-electron chi connectivity index (χ4n) is 2.28. The van der Waals surface area contributed by atoms with E-state index in [2.05, 4.69) is 9.71 Å². The largest absolute Gasteiger partial charge is 0.394 e. The van der Waals surface area contributed by atoms with Crippen molar-refractivity contribution < 1.29 is 13.5 Å².